The second-order valence-corrected chi connectivity index (χ2v) is 10.8. The number of pyridine rings is 1. The first-order valence-corrected chi connectivity index (χ1v) is 13.1. The van der Waals surface area contributed by atoms with E-state index in [1.165, 1.54) is 14.2 Å². The minimum absolute atomic E-state index is 0.215. The third-order valence-electron chi connectivity index (χ3n) is 6.12. The Balaban J connectivity index is 1.81. The quantitative estimate of drug-likeness (QED) is 0.334. The minimum Gasteiger partial charge on any atom is -0.494 e. The minimum atomic E-state index is -3.70. The standard InChI is InChI=1S/C25H28N6O4S/c1-16-13-28-20(14-27-16)17(2)18(3)36(32,33)15-22-29-30-24(19-9-7-6-8-10-19)31(22)23-21(34-4)11-12-26-25(23)35-5/h6-14,17-18H,15H2,1-5H3/t17-,18-/m0/s1. The average Bonchev–Trinajstić information content (AvgIpc) is 3.30. The van der Waals surface area contributed by atoms with E-state index >= 15 is 0 Å². The lowest BCUT2D eigenvalue weighted by Crippen LogP contribution is -2.27. The molecule has 36 heavy (non-hydrogen) atoms. The smallest absolute Gasteiger partial charge is 0.242 e. The van der Waals surface area contributed by atoms with E-state index in [0.29, 0.717) is 23.0 Å². The van der Waals surface area contributed by atoms with Gasteiger partial charge >= 0.3 is 0 Å². The molecule has 0 aliphatic carbocycles. The SMILES string of the molecule is COc1ccnc(OC)c1-n1c(CS(=O)(=O)[C@@H](C)[C@H](C)c2cnc(C)cn2)nnc1-c1ccccc1. The summed E-state index contributed by atoms with van der Waals surface area (Å²) >= 11 is 0. The molecular weight excluding hydrogens is 480 g/mol. The Morgan fingerprint density at radius 3 is 2.33 bits per heavy atom. The summed E-state index contributed by atoms with van der Waals surface area (Å²) in [5.41, 5.74) is 2.54. The van der Waals surface area contributed by atoms with Crippen molar-refractivity contribution in [3.05, 3.63) is 72.2 Å². The first-order valence-electron chi connectivity index (χ1n) is 11.3. The number of benzene rings is 1. The van der Waals surface area contributed by atoms with Crippen LogP contribution in [0.15, 0.2) is 55.0 Å². The van der Waals surface area contributed by atoms with E-state index in [1.54, 1.807) is 36.1 Å². The van der Waals surface area contributed by atoms with Crippen molar-refractivity contribution in [1.29, 1.82) is 0 Å². The van der Waals surface area contributed by atoms with Crippen LogP contribution in [0.5, 0.6) is 11.6 Å². The highest BCUT2D eigenvalue weighted by molar-refractivity contribution is 7.91. The molecule has 188 valence electrons. The predicted molar refractivity (Wildman–Crippen MR) is 135 cm³/mol. The van der Waals surface area contributed by atoms with Crippen LogP contribution in [0.3, 0.4) is 0 Å². The molecule has 11 heteroatoms. The molecule has 10 nitrogen and oxygen atoms in total. The van der Waals surface area contributed by atoms with Crippen LogP contribution in [-0.4, -0.2) is 57.6 Å². The Morgan fingerprint density at radius 2 is 1.69 bits per heavy atom. The molecule has 0 aliphatic heterocycles. The molecule has 0 spiro atoms. The molecular formula is C25H28N6O4S. The summed E-state index contributed by atoms with van der Waals surface area (Å²) in [7, 11) is -0.694. The van der Waals surface area contributed by atoms with Crippen molar-refractivity contribution in [2.75, 3.05) is 14.2 Å². The second kappa shape index (κ2) is 10.4. The van der Waals surface area contributed by atoms with Crippen LogP contribution in [0, 0.1) is 6.92 Å². The van der Waals surface area contributed by atoms with Gasteiger partial charge in [-0.3, -0.25) is 14.5 Å². The Hall–Kier alpha value is -3.86. The molecule has 3 aromatic heterocycles. The van der Waals surface area contributed by atoms with Crippen molar-refractivity contribution in [1.82, 2.24) is 29.7 Å². The number of hydrogen-bond acceptors (Lipinski definition) is 9. The predicted octanol–water partition coefficient (Wildman–Crippen LogP) is 3.55. The fourth-order valence-electron chi connectivity index (χ4n) is 3.86. The Labute approximate surface area is 210 Å². The summed E-state index contributed by atoms with van der Waals surface area (Å²) in [4.78, 5) is 12.9. The van der Waals surface area contributed by atoms with Crippen molar-refractivity contribution < 1.29 is 17.9 Å². The van der Waals surface area contributed by atoms with Gasteiger partial charge < -0.3 is 9.47 Å². The van der Waals surface area contributed by atoms with Crippen LogP contribution >= 0.6 is 0 Å². The molecule has 4 rings (SSSR count). The van der Waals surface area contributed by atoms with Crippen molar-refractivity contribution in [3.8, 4) is 28.7 Å². The van der Waals surface area contributed by atoms with Crippen molar-refractivity contribution in [2.24, 2.45) is 0 Å². The summed E-state index contributed by atoms with van der Waals surface area (Å²) in [6.07, 6.45) is 4.80. The van der Waals surface area contributed by atoms with Crippen LogP contribution in [-0.2, 0) is 15.6 Å². The summed E-state index contributed by atoms with van der Waals surface area (Å²) in [6, 6.07) is 11.0. The molecule has 4 aromatic rings. The monoisotopic (exact) mass is 508 g/mol. The van der Waals surface area contributed by atoms with Crippen LogP contribution in [0.1, 0.15) is 37.0 Å². The molecule has 0 unspecified atom stereocenters. The van der Waals surface area contributed by atoms with E-state index < -0.39 is 15.1 Å². The Kier molecular flexibility index (Phi) is 7.30. The zero-order chi connectivity index (χ0) is 25.9. The first-order chi connectivity index (χ1) is 17.3. The lowest BCUT2D eigenvalue weighted by Gasteiger charge is -2.20. The fraction of sp³-hybridized carbons (Fsp3) is 0.320. The van der Waals surface area contributed by atoms with Gasteiger partial charge in [-0.25, -0.2) is 13.4 Å². The van der Waals surface area contributed by atoms with Gasteiger partial charge in [0, 0.05) is 36.1 Å². The number of aromatic nitrogens is 6. The van der Waals surface area contributed by atoms with E-state index in [4.69, 9.17) is 9.47 Å². The fourth-order valence-corrected chi connectivity index (χ4v) is 5.43. The van der Waals surface area contributed by atoms with E-state index in [0.717, 1.165) is 11.3 Å². The molecule has 0 aliphatic rings. The van der Waals surface area contributed by atoms with E-state index in [-0.39, 0.29) is 23.4 Å². The second-order valence-electron chi connectivity index (χ2n) is 8.40. The van der Waals surface area contributed by atoms with Gasteiger partial charge in [0.2, 0.25) is 5.88 Å². The van der Waals surface area contributed by atoms with Gasteiger partial charge in [-0.15, -0.1) is 10.2 Å². The highest BCUT2D eigenvalue weighted by Crippen LogP contribution is 2.35. The van der Waals surface area contributed by atoms with Gasteiger partial charge in [-0.1, -0.05) is 37.3 Å². The number of ether oxygens (including phenoxy) is 2. The highest BCUT2D eigenvalue weighted by Gasteiger charge is 2.32. The topological polar surface area (TPSA) is 122 Å². The molecule has 0 N–H and O–H groups in total. The van der Waals surface area contributed by atoms with Gasteiger partial charge in [0.25, 0.3) is 0 Å². The number of aryl methyl sites for hydroxylation is 1. The van der Waals surface area contributed by atoms with Crippen LogP contribution in [0.25, 0.3) is 17.1 Å². The number of rotatable bonds is 9. The Bertz CT molecular complexity index is 1420. The molecule has 0 amide bonds. The maximum atomic E-state index is 13.6. The molecule has 0 saturated heterocycles. The van der Waals surface area contributed by atoms with Crippen molar-refractivity contribution in [3.63, 3.8) is 0 Å². The molecule has 0 bridgehead atoms. The van der Waals surface area contributed by atoms with Gasteiger partial charge in [0.15, 0.2) is 27.2 Å². The highest BCUT2D eigenvalue weighted by atomic mass is 32.2. The number of sulfone groups is 1. The maximum absolute atomic E-state index is 13.6. The average molecular weight is 509 g/mol. The van der Waals surface area contributed by atoms with Crippen molar-refractivity contribution >= 4 is 9.84 Å². The van der Waals surface area contributed by atoms with E-state index in [2.05, 4.69) is 25.1 Å². The Morgan fingerprint density at radius 1 is 0.944 bits per heavy atom. The lowest BCUT2D eigenvalue weighted by molar-refractivity contribution is 0.379. The summed E-state index contributed by atoms with van der Waals surface area (Å²) < 4.78 is 40.0. The van der Waals surface area contributed by atoms with Crippen LogP contribution in [0.2, 0.25) is 0 Å². The summed E-state index contributed by atoms with van der Waals surface area (Å²) in [5, 5.41) is 7.90. The zero-order valence-corrected chi connectivity index (χ0v) is 21.6. The largest absolute Gasteiger partial charge is 0.494 e. The third kappa shape index (κ3) is 4.92. The molecule has 0 fully saturated rings. The van der Waals surface area contributed by atoms with Gasteiger partial charge in [0.05, 0.1) is 30.9 Å². The molecule has 0 radical (unpaired) electrons. The summed E-state index contributed by atoms with van der Waals surface area (Å²) in [6.45, 7) is 5.33. The maximum Gasteiger partial charge on any atom is 0.242 e. The molecule has 1 aromatic carbocycles. The normalized spacial score (nSPS) is 13.2. The lowest BCUT2D eigenvalue weighted by atomic mass is 10.1. The van der Waals surface area contributed by atoms with Gasteiger partial charge in [0.1, 0.15) is 11.5 Å². The van der Waals surface area contributed by atoms with Crippen LogP contribution < -0.4 is 9.47 Å². The van der Waals surface area contributed by atoms with E-state index in [1.807, 2.05) is 44.2 Å². The zero-order valence-electron chi connectivity index (χ0n) is 20.8. The van der Waals surface area contributed by atoms with Gasteiger partial charge in [-0.05, 0) is 13.8 Å². The number of hydrogen-bond donors (Lipinski definition) is 0. The summed E-state index contributed by atoms with van der Waals surface area (Å²) in [5.74, 6) is 0.604. The molecule has 2 atom stereocenters. The van der Waals surface area contributed by atoms with Crippen molar-refractivity contribution in [2.45, 2.75) is 37.7 Å². The number of methoxy groups -OCH3 is 2. The molecule has 0 saturated carbocycles. The molecule has 3 heterocycles. The van der Waals surface area contributed by atoms with Crippen LogP contribution in [0.4, 0.5) is 0 Å². The number of nitrogens with zero attached hydrogens (tertiary/aromatic N) is 6. The van der Waals surface area contributed by atoms with Gasteiger partial charge in [-0.2, -0.15) is 0 Å². The van der Waals surface area contributed by atoms with E-state index in [9.17, 15) is 8.42 Å². The first kappa shape index (κ1) is 25.2. The third-order valence-corrected chi connectivity index (χ3v) is 8.32.